The highest BCUT2D eigenvalue weighted by atomic mass is 35.5. The number of anilines is 1. The van der Waals surface area contributed by atoms with Crippen molar-refractivity contribution in [3.05, 3.63) is 68.9 Å². The van der Waals surface area contributed by atoms with E-state index in [0.29, 0.717) is 45.4 Å². The Kier molecular flexibility index (Phi) is 7.02. The Bertz CT molecular complexity index is 1590. The van der Waals surface area contributed by atoms with Gasteiger partial charge in [0.05, 0.1) is 28.8 Å². The predicted molar refractivity (Wildman–Crippen MR) is 164 cm³/mol. The maximum Gasteiger partial charge on any atom is 0.417 e. The van der Waals surface area contributed by atoms with E-state index in [1.165, 1.54) is 4.90 Å². The maximum atomic E-state index is 12.9. The molecule has 2 aliphatic carbocycles. The molecule has 3 fully saturated rings. The lowest BCUT2D eigenvalue weighted by molar-refractivity contribution is -0.0624. The molecule has 2 amide bonds. The Morgan fingerprint density at radius 1 is 1.12 bits per heavy atom. The van der Waals surface area contributed by atoms with Crippen molar-refractivity contribution in [2.45, 2.75) is 95.6 Å². The number of rotatable bonds is 6. The van der Waals surface area contributed by atoms with Gasteiger partial charge < -0.3 is 18.9 Å². The number of carbonyl (C=O) groups excluding carboxylic acids is 2. The number of imide groups is 1. The highest BCUT2D eigenvalue weighted by Gasteiger charge is 2.47. The maximum absolute atomic E-state index is 12.9. The second kappa shape index (κ2) is 10.5. The van der Waals surface area contributed by atoms with Crippen molar-refractivity contribution in [2.24, 2.45) is 0 Å². The fourth-order valence-electron chi connectivity index (χ4n) is 6.83. The van der Waals surface area contributed by atoms with Crippen LogP contribution in [-0.4, -0.2) is 45.8 Å². The van der Waals surface area contributed by atoms with Gasteiger partial charge in [0.2, 0.25) is 0 Å². The van der Waals surface area contributed by atoms with Crippen LogP contribution in [0.4, 0.5) is 10.5 Å². The normalized spacial score (nSPS) is 23.2. The first-order valence-corrected chi connectivity index (χ1v) is 15.8. The Balaban J connectivity index is 1.06. The Labute approximate surface area is 261 Å². The molecule has 1 aromatic heterocycles. The number of amides is 2. The molecule has 1 unspecified atom stereocenters. The summed E-state index contributed by atoms with van der Waals surface area (Å²) in [6, 6.07) is 11.7. The van der Waals surface area contributed by atoms with Gasteiger partial charge in [-0.05, 0) is 95.2 Å². The lowest BCUT2D eigenvalue weighted by Gasteiger charge is -2.41. The first-order chi connectivity index (χ1) is 20.5. The van der Waals surface area contributed by atoms with Crippen molar-refractivity contribution in [2.75, 3.05) is 11.4 Å². The zero-order valence-corrected chi connectivity index (χ0v) is 26.1. The van der Waals surface area contributed by atoms with E-state index in [2.05, 4.69) is 16.1 Å². The molecular weight excluding hydrogens is 589 g/mol. The zero-order valence-electron chi connectivity index (χ0n) is 24.6. The minimum Gasteiger partial charge on any atom is -0.443 e. The quantitative estimate of drug-likeness (QED) is 0.274. The molecule has 0 spiro atoms. The zero-order chi connectivity index (χ0) is 30.1. The molecule has 2 aliphatic heterocycles. The number of fused-ring (bicyclic) bond motifs is 3. The van der Waals surface area contributed by atoms with Crippen molar-refractivity contribution in [1.82, 2.24) is 10.1 Å². The number of hydrogen-bond donors (Lipinski definition) is 0. The summed E-state index contributed by atoms with van der Waals surface area (Å²) in [5.41, 5.74) is 3.92. The van der Waals surface area contributed by atoms with E-state index in [1.807, 2.05) is 30.3 Å². The average molecular weight is 625 g/mol. The van der Waals surface area contributed by atoms with Gasteiger partial charge in [0.1, 0.15) is 17.1 Å². The number of ether oxygens (including phenoxy) is 2. The second-order valence-electron chi connectivity index (χ2n) is 13.3. The highest BCUT2D eigenvalue weighted by molar-refractivity contribution is 6.39. The molecule has 3 heterocycles. The lowest BCUT2D eigenvalue weighted by Crippen LogP contribution is -2.45. The molecule has 10 heteroatoms. The number of benzene rings is 2. The van der Waals surface area contributed by atoms with E-state index in [-0.39, 0.29) is 18.1 Å². The Morgan fingerprint density at radius 2 is 1.88 bits per heavy atom. The van der Waals surface area contributed by atoms with E-state index in [9.17, 15) is 9.59 Å². The van der Waals surface area contributed by atoms with Crippen molar-refractivity contribution < 1.29 is 23.6 Å². The molecule has 0 N–H and O–H groups in total. The molecule has 0 radical (unpaired) electrons. The smallest absolute Gasteiger partial charge is 0.417 e. The van der Waals surface area contributed by atoms with Crippen LogP contribution >= 0.6 is 23.2 Å². The van der Waals surface area contributed by atoms with Gasteiger partial charge in [-0.15, -0.1) is 0 Å². The third kappa shape index (κ3) is 5.32. The van der Waals surface area contributed by atoms with E-state index in [1.54, 1.807) is 20.8 Å². The van der Waals surface area contributed by atoms with Crippen LogP contribution < -0.4 is 4.90 Å². The molecule has 226 valence electrons. The summed E-state index contributed by atoms with van der Waals surface area (Å²) in [6.45, 7) is 6.86. The van der Waals surface area contributed by atoms with Gasteiger partial charge >= 0.3 is 6.09 Å². The van der Waals surface area contributed by atoms with Crippen LogP contribution in [0.3, 0.4) is 0 Å². The monoisotopic (exact) mass is 623 g/mol. The number of piperidine rings is 1. The second-order valence-corrected chi connectivity index (χ2v) is 14.1. The summed E-state index contributed by atoms with van der Waals surface area (Å²) in [6.07, 6.45) is 5.35. The third-order valence-corrected chi connectivity index (χ3v) is 9.75. The molecule has 8 nitrogen and oxygen atoms in total. The SMILES string of the molecule is CC(C)(C)OC(=O)N1Cc2cc(N3CCC4(OCc5c(-c6c(Cl)cccc6Cl)noc5C5CC5)CC[C@H]3C4)ccc2C1=O. The van der Waals surface area contributed by atoms with Gasteiger partial charge in [0.15, 0.2) is 0 Å². The Morgan fingerprint density at radius 3 is 2.60 bits per heavy atom. The largest absolute Gasteiger partial charge is 0.443 e. The topological polar surface area (TPSA) is 85.1 Å². The van der Waals surface area contributed by atoms with E-state index in [0.717, 1.165) is 67.6 Å². The number of aromatic nitrogens is 1. The molecule has 4 aliphatic rings. The number of hydrogen-bond acceptors (Lipinski definition) is 7. The first kappa shape index (κ1) is 28.7. The van der Waals surface area contributed by atoms with Gasteiger partial charge in [0.25, 0.3) is 5.91 Å². The number of carbonyl (C=O) groups is 2. The van der Waals surface area contributed by atoms with Crippen LogP contribution in [0, 0.1) is 0 Å². The minimum absolute atomic E-state index is 0.221. The molecule has 2 saturated carbocycles. The van der Waals surface area contributed by atoms with Crippen molar-refractivity contribution in [1.29, 1.82) is 0 Å². The van der Waals surface area contributed by atoms with E-state index in [4.69, 9.17) is 37.2 Å². The van der Waals surface area contributed by atoms with Gasteiger partial charge in [-0.25, -0.2) is 9.69 Å². The third-order valence-electron chi connectivity index (χ3n) is 9.12. The molecule has 1 saturated heterocycles. The summed E-state index contributed by atoms with van der Waals surface area (Å²) in [5.74, 6) is 0.955. The summed E-state index contributed by atoms with van der Waals surface area (Å²) in [7, 11) is 0. The van der Waals surface area contributed by atoms with Crippen LogP contribution in [0.2, 0.25) is 10.0 Å². The van der Waals surface area contributed by atoms with E-state index < -0.39 is 11.7 Å². The molecule has 2 aromatic carbocycles. The molecule has 2 bridgehead atoms. The van der Waals surface area contributed by atoms with Crippen molar-refractivity contribution in [3.8, 4) is 11.3 Å². The molecule has 3 aromatic rings. The molecule has 7 rings (SSSR count). The van der Waals surface area contributed by atoms with E-state index >= 15 is 0 Å². The lowest BCUT2D eigenvalue weighted by atomic mass is 9.92. The first-order valence-electron chi connectivity index (χ1n) is 15.0. The Hall–Kier alpha value is -3.07. The fourth-order valence-corrected chi connectivity index (χ4v) is 7.41. The fraction of sp³-hybridized carbons (Fsp3) is 0.485. The van der Waals surface area contributed by atoms with Crippen molar-refractivity contribution in [3.63, 3.8) is 0 Å². The summed E-state index contributed by atoms with van der Waals surface area (Å²) < 4.78 is 18.1. The average Bonchev–Trinajstić information content (AvgIpc) is 3.51. The highest BCUT2D eigenvalue weighted by Crippen LogP contribution is 2.49. The van der Waals surface area contributed by atoms with Gasteiger partial charge in [-0.3, -0.25) is 4.79 Å². The summed E-state index contributed by atoms with van der Waals surface area (Å²) in [5, 5.41) is 5.51. The minimum atomic E-state index is -0.668. The van der Waals surface area contributed by atoms with Crippen LogP contribution in [0.5, 0.6) is 0 Å². The number of halogens is 2. The number of nitrogens with zero attached hydrogens (tertiary/aromatic N) is 3. The van der Waals surface area contributed by atoms with Crippen molar-refractivity contribution >= 4 is 40.9 Å². The van der Waals surface area contributed by atoms with Crippen LogP contribution in [0.25, 0.3) is 11.3 Å². The van der Waals surface area contributed by atoms with Gasteiger partial charge in [-0.2, -0.15) is 0 Å². The van der Waals surface area contributed by atoms with Gasteiger partial charge in [-0.1, -0.05) is 34.4 Å². The predicted octanol–water partition coefficient (Wildman–Crippen LogP) is 8.13. The summed E-state index contributed by atoms with van der Waals surface area (Å²) >= 11 is 13.1. The van der Waals surface area contributed by atoms with Crippen LogP contribution in [-0.2, 0) is 22.6 Å². The standard InChI is InChI=1S/C33H35Cl2N3O5/c1-32(2,3)42-31(40)38-17-20-15-21(9-10-23(20)30(38)39)37-14-13-33(12-11-22(37)16-33)41-18-24-28(36-43-29(24)19-7-8-19)27-25(34)5-4-6-26(27)35/h4-6,9-10,15,19,22H,7-8,11-14,16-18H2,1-3H3/t22-,33?/m0/s1. The molecule has 43 heavy (non-hydrogen) atoms. The van der Waals surface area contributed by atoms with Crippen LogP contribution in [0.1, 0.15) is 92.5 Å². The van der Waals surface area contributed by atoms with Crippen LogP contribution in [0.15, 0.2) is 40.9 Å². The van der Waals surface area contributed by atoms with Gasteiger partial charge in [0, 0.05) is 40.9 Å². The molecule has 2 atom stereocenters. The molecular formula is C33H35Cl2N3O5. The summed E-state index contributed by atoms with van der Waals surface area (Å²) in [4.78, 5) is 29.2.